The van der Waals surface area contributed by atoms with Crippen molar-refractivity contribution >= 4 is 51.0 Å². The summed E-state index contributed by atoms with van der Waals surface area (Å²) in [5.41, 5.74) is 0.785. The van der Waals surface area contributed by atoms with Crippen molar-refractivity contribution in [3.05, 3.63) is 15.7 Å². The zero-order valence-electron chi connectivity index (χ0n) is 15.5. The van der Waals surface area contributed by atoms with Gasteiger partial charge in [0, 0.05) is 26.2 Å². The minimum Gasteiger partial charge on any atom is -0.462 e. The van der Waals surface area contributed by atoms with E-state index in [-0.39, 0.29) is 17.3 Å². The molecule has 2 aromatic rings. The van der Waals surface area contributed by atoms with Crippen LogP contribution in [0, 0.1) is 6.92 Å². The number of nitrogens with zero attached hydrogens (tertiary/aromatic N) is 4. The summed E-state index contributed by atoms with van der Waals surface area (Å²) in [7, 11) is 0. The van der Waals surface area contributed by atoms with E-state index in [1.165, 1.54) is 11.3 Å². The van der Waals surface area contributed by atoms with E-state index in [1.54, 1.807) is 18.7 Å². The van der Waals surface area contributed by atoms with E-state index in [1.807, 2.05) is 6.92 Å². The highest BCUT2D eigenvalue weighted by molar-refractivity contribution is 7.20. The number of carbonyl (C=O) groups excluding carboxylic acids is 2. The van der Waals surface area contributed by atoms with Crippen LogP contribution < -0.4 is 4.90 Å². The van der Waals surface area contributed by atoms with E-state index in [2.05, 4.69) is 14.9 Å². The van der Waals surface area contributed by atoms with Crippen LogP contribution in [0.25, 0.3) is 10.2 Å². The molecule has 0 radical (unpaired) electrons. The molecule has 0 aromatic carbocycles. The molecule has 2 aromatic heterocycles. The largest absolute Gasteiger partial charge is 0.462 e. The van der Waals surface area contributed by atoms with Gasteiger partial charge in [0.2, 0.25) is 5.28 Å². The molecule has 1 fully saturated rings. The van der Waals surface area contributed by atoms with Crippen molar-refractivity contribution in [3.63, 3.8) is 0 Å². The number of halogens is 1. The number of hydrogen-bond acceptors (Lipinski definition) is 8. The topological polar surface area (TPSA) is 84.9 Å². The number of hydrogen-bond donors (Lipinski definition) is 0. The molecule has 0 N–H and O–H groups in total. The lowest BCUT2D eigenvalue weighted by atomic mass is 10.2. The van der Waals surface area contributed by atoms with Crippen LogP contribution in [-0.4, -0.2) is 66.3 Å². The van der Waals surface area contributed by atoms with Crippen molar-refractivity contribution in [2.75, 3.05) is 44.3 Å². The zero-order valence-corrected chi connectivity index (χ0v) is 17.0. The SMILES string of the molecule is CCOC(=O)c1sc2nc(Cl)nc(N3CCN(C(=O)OCC)CC3)c2c1C. The van der Waals surface area contributed by atoms with Gasteiger partial charge in [0.25, 0.3) is 0 Å². The average molecular weight is 413 g/mol. The molecule has 8 nitrogen and oxygen atoms in total. The van der Waals surface area contributed by atoms with Crippen LogP contribution in [0.5, 0.6) is 0 Å². The van der Waals surface area contributed by atoms with Crippen molar-refractivity contribution in [1.82, 2.24) is 14.9 Å². The second-order valence-electron chi connectivity index (χ2n) is 5.95. The van der Waals surface area contributed by atoms with Gasteiger partial charge in [-0.1, -0.05) is 0 Å². The molecular formula is C17H21ClN4O4S. The maximum absolute atomic E-state index is 12.2. The third-order valence-electron chi connectivity index (χ3n) is 4.31. The lowest BCUT2D eigenvalue weighted by Crippen LogP contribution is -2.49. The number of anilines is 1. The van der Waals surface area contributed by atoms with Crippen molar-refractivity contribution < 1.29 is 19.1 Å². The van der Waals surface area contributed by atoms with Crippen LogP contribution in [0.3, 0.4) is 0 Å². The number of aryl methyl sites for hydroxylation is 1. The van der Waals surface area contributed by atoms with Crippen molar-refractivity contribution in [1.29, 1.82) is 0 Å². The molecule has 0 saturated carbocycles. The van der Waals surface area contributed by atoms with Gasteiger partial charge >= 0.3 is 12.1 Å². The summed E-state index contributed by atoms with van der Waals surface area (Å²) in [5.74, 6) is 0.310. The Bertz CT molecular complexity index is 864. The Labute approximate surface area is 166 Å². The lowest BCUT2D eigenvalue weighted by Gasteiger charge is -2.35. The van der Waals surface area contributed by atoms with Gasteiger partial charge in [-0.05, 0) is 37.9 Å². The highest BCUT2D eigenvalue weighted by Gasteiger charge is 2.27. The van der Waals surface area contributed by atoms with Crippen LogP contribution in [0.4, 0.5) is 10.6 Å². The number of aromatic nitrogens is 2. The summed E-state index contributed by atoms with van der Waals surface area (Å²) in [6, 6.07) is 0. The fraction of sp³-hybridized carbons (Fsp3) is 0.529. The van der Waals surface area contributed by atoms with E-state index in [4.69, 9.17) is 21.1 Å². The maximum Gasteiger partial charge on any atom is 0.409 e. The van der Waals surface area contributed by atoms with Crippen molar-refractivity contribution in [3.8, 4) is 0 Å². The summed E-state index contributed by atoms with van der Waals surface area (Å²) in [5, 5.41) is 0.930. The first-order valence-corrected chi connectivity index (χ1v) is 9.96. The number of thiophene rings is 1. The number of fused-ring (bicyclic) bond motifs is 1. The number of carbonyl (C=O) groups is 2. The highest BCUT2D eigenvalue weighted by Crippen LogP contribution is 2.37. The van der Waals surface area contributed by atoms with Crippen molar-refractivity contribution in [2.24, 2.45) is 0 Å². The quantitative estimate of drug-likeness (QED) is 0.563. The van der Waals surface area contributed by atoms with Crippen LogP contribution in [0.15, 0.2) is 0 Å². The molecule has 1 aliphatic heterocycles. The van der Waals surface area contributed by atoms with Crippen LogP contribution in [0.1, 0.15) is 29.1 Å². The van der Waals surface area contributed by atoms with E-state index in [0.29, 0.717) is 54.9 Å². The average Bonchev–Trinajstić information content (AvgIpc) is 2.98. The maximum atomic E-state index is 12.2. The molecule has 3 rings (SSSR count). The number of amides is 1. The van der Waals surface area contributed by atoms with Crippen LogP contribution >= 0.6 is 22.9 Å². The molecule has 0 bridgehead atoms. The second kappa shape index (κ2) is 8.26. The Morgan fingerprint density at radius 3 is 2.41 bits per heavy atom. The Morgan fingerprint density at radius 1 is 1.11 bits per heavy atom. The Balaban J connectivity index is 1.91. The summed E-state index contributed by atoms with van der Waals surface area (Å²) in [4.78, 5) is 37.7. The molecule has 0 spiro atoms. The first-order valence-electron chi connectivity index (χ1n) is 8.76. The highest BCUT2D eigenvalue weighted by atomic mass is 35.5. The van der Waals surface area contributed by atoms with Gasteiger partial charge in [0.1, 0.15) is 15.5 Å². The van der Waals surface area contributed by atoms with Gasteiger partial charge in [-0.15, -0.1) is 11.3 Å². The smallest absolute Gasteiger partial charge is 0.409 e. The van der Waals surface area contributed by atoms with Crippen LogP contribution in [-0.2, 0) is 9.47 Å². The minimum atomic E-state index is -0.368. The Hall–Kier alpha value is -2.13. The molecular weight excluding hydrogens is 392 g/mol. The lowest BCUT2D eigenvalue weighted by molar-refractivity contribution is 0.0531. The summed E-state index contributed by atoms with van der Waals surface area (Å²) >= 11 is 7.38. The normalized spacial score (nSPS) is 14.5. The predicted molar refractivity (Wildman–Crippen MR) is 104 cm³/mol. The first kappa shape index (κ1) is 19.6. The number of ether oxygens (including phenoxy) is 2. The monoisotopic (exact) mass is 412 g/mol. The van der Waals surface area contributed by atoms with Gasteiger partial charge in [-0.25, -0.2) is 14.6 Å². The van der Waals surface area contributed by atoms with E-state index in [0.717, 1.165) is 10.9 Å². The van der Waals surface area contributed by atoms with Gasteiger partial charge in [0.05, 0.1) is 18.6 Å². The second-order valence-corrected chi connectivity index (χ2v) is 7.28. The molecule has 3 heterocycles. The van der Waals surface area contributed by atoms with E-state index in [9.17, 15) is 9.59 Å². The molecule has 1 aliphatic rings. The number of esters is 1. The molecule has 27 heavy (non-hydrogen) atoms. The van der Waals surface area contributed by atoms with Crippen molar-refractivity contribution in [2.45, 2.75) is 20.8 Å². The van der Waals surface area contributed by atoms with Gasteiger partial charge in [-0.3, -0.25) is 0 Å². The summed E-state index contributed by atoms with van der Waals surface area (Å²) in [6.45, 7) is 8.30. The van der Waals surface area contributed by atoms with Crippen LogP contribution in [0.2, 0.25) is 5.28 Å². The number of rotatable bonds is 4. The Morgan fingerprint density at radius 2 is 1.78 bits per heavy atom. The summed E-state index contributed by atoms with van der Waals surface area (Å²) in [6.07, 6.45) is -0.306. The minimum absolute atomic E-state index is 0.127. The molecule has 1 amide bonds. The van der Waals surface area contributed by atoms with Gasteiger partial charge in [0.15, 0.2) is 0 Å². The predicted octanol–water partition coefficient (Wildman–Crippen LogP) is 3.11. The fourth-order valence-corrected chi connectivity index (χ4v) is 4.31. The third-order valence-corrected chi connectivity index (χ3v) is 5.64. The number of piperazine rings is 1. The van der Waals surface area contributed by atoms with Gasteiger partial charge in [-0.2, -0.15) is 4.98 Å². The Kier molecular flexibility index (Phi) is 6.01. The zero-order chi connectivity index (χ0) is 19.6. The molecule has 0 aliphatic carbocycles. The van der Waals surface area contributed by atoms with E-state index >= 15 is 0 Å². The fourth-order valence-electron chi connectivity index (χ4n) is 3.03. The van der Waals surface area contributed by atoms with E-state index < -0.39 is 0 Å². The first-order chi connectivity index (χ1) is 13.0. The summed E-state index contributed by atoms with van der Waals surface area (Å²) < 4.78 is 10.2. The standard InChI is InChI=1S/C17H21ClN4O4S/c1-4-25-15(23)12-10(3)11-13(19-16(18)20-14(11)27-12)21-6-8-22(9-7-21)17(24)26-5-2/h4-9H2,1-3H3. The third kappa shape index (κ3) is 3.93. The molecule has 1 saturated heterocycles. The molecule has 0 unspecified atom stereocenters. The molecule has 10 heteroatoms. The van der Waals surface area contributed by atoms with Gasteiger partial charge < -0.3 is 19.3 Å². The molecule has 146 valence electrons. The molecule has 0 atom stereocenters.